The standard InChI is InChI=1S/C18H27N5O2/c1-13-7-5-6-8-15(13)17(24)11-20-18(25)19-10-16(22(2)3)14-9-21-23(4)12-14/h5-9,12,16-17,24H,10-11H2,1-4H3,(H2,19,20,25). The normalized spacial score (nSPS) is 13.5. The Kier molecular flexibility index (Phi) is 6.55. The fraction of sp³-hybridized carbons (Fsp3) is 0.444. The molecular formula is C18H27N5O2. The first-order chi connectivity index (χ1) is 11.9. The summed E-state index contributed by atoms with van der Waals surface area (Å²) in [5, 5.41) is 20.0. The van der Waals surface area contributed by atoms with E-state index in [2.05, 4.69) is 15.7 Å². The second kappa shape index (κ2) is 8.64. The van der Waals surface area contributed by atoms with Gasteiger partial charge in [-0.3, -0.25) is 4.68 Å². The van der Waals surface area contributed by atoms with Gasteiger partial charge in [-0.05, 0) is 32.1 Å². The van der Waals surface area contributed by atoms with Gasteiger partial charge in [0.2, 0.25) is 0 Å². The molecule has 2 aromatic rings. The number of benzene rings is 1. The summed E-state index contributed by atoms with van der Waals surface area (Å²) in [5.41, 5.74) is 2.86. The highest BCUT2D eigenvalue weighted by molar-refractivity contribution is 5.73. The van der Waals surface area contributed by atoms with E-state index in [1.807, 2.05) is 63.4 Å². The predicted octanol–water partition coefficient (Wildman–Crippen LogP) is 1.36. The zero-order valence-corrected chi connectivity index (χ0v) is 15.2. The molecule has 1 heterocycles. The molecule has 2 amide bonds. The molecule has 2 unspecified atom stereocenters. The first-order valence-corrected chi connectivity index (χ1v) is 8.28. The van der Waals surface area contributed by atoms with Crippen LogP contribution in [0.2, 0.25) is 0 Å². The predicted molar refractivity (Wildman–Crippen MR) is 97.2 cm³/mol. The van der Waals surface area contributed by atoms with Crippen molar-refractivity contribution in [3.05, 3.63) is 53.3 Å². The number of aliphatic hydroxyl groups excluding tert-OH is 1. The monoisotopic (exact) mass is 345 g/mol. The summed E-state index contributed by atoms with van der Waals surface area (Å²) in [4.78, 5) is 14.1. The van der Waals surface area contributed by atoms with Crippen molar-refractivity contribution in [1.29, 1.82) is 0 Å². The number of rotatable bonds is 7. The van der Waals surface area contributed by atoms with Crippen LogP contribution >= 0.6 is 0 Å². The van der Waals surface area contributed by atoms with E-state index in [0.29, 0.717) is 6.54 Å². The van der Waals surface area contributed by atoms with E-state index >= 15 is 0 Å². The highest BCUT2D eigenvalue weighted by Gasteiger charge is 2.17. The van der Waals surface area contributed by atoms with Gasteiger partial charge in [-0.25, -0.2) is 4.79 Å². The van der Waals surface area contributed by atoms with Crippen LogP contribution in [-0.4, -0.2) is 53.0 Å². The van der Waals surface area contributed by atoms with Crippen molar-refractivity contribution in [2.24, 2.45) is 7.05 Å². The molecule has 2 atom stereocenters. The van der Waals surface area contributed by atoms with Gasteiger partial charge in [0, 0.05) is 31.9 Å². The van der Waals surface area contributed by atoms with E-state index in [9.17, 15) is 9.90 Å². The lowest BCUT2D eigenvalue weighted by atomic mass is 10.0. The summed E-state index contributed by atoms with van der Waals surface area (Å²) < 4.78 is 1.74. The quantitative estimate of drug-likeness (QED) is 0.708. The van der Waals surface area contributed by atoms with Crippen LogP contribution < -0.4 is 10.6 Å². The average Bonchev–Trinajstić information content (AvgIpc) is 2.99. The minimum absolute atomic E-state index is 0.0285. The van der Waals surface area contributed by atoms with E-state index in [4.69, 9.17) is 0 Å². The highest BCUT2D eigenvalue weighted by Crippen LogP contribution is 2.17. The van der Waals surface area contributed by atoms with E-state index in [1.165, 1.54) is 0 Å². The number of hydrogen-bond acceptors (Lipinski definition) is 4. The van der Waals surface area contributed by atoms with E-state index in [-0.39, 0.29) is 18.6 Å². The third kappa shape index (κ3) is 5.30. The lowest BCUT2D eigenvalue weighted by Crippen LogP contribution is -2.41. The van der Waals surface area contributed by atoms with Gasteiger partial charge in [-0.1, -0.05) is 24.3 Å². The third-order valence-corrected chi connectivity index (χ3v) is 4.19. The summed E-state index contributed by atoms with van der Waals surface area (Å²) in [6, 6.07) is 7.33. The minimum Gasteiger partial charge on any atom is -0.387 e. The van der Waals surface area contributed by atoms with Gasteiger partial charge in [-0.15, -0.1) is 0 Å². The number of aryl methyl sites for hydroxylation is 2. The molecule has 1 aromatic carbocycles. The maximum absolute atomic E-state index is 12.1. The van der Waals surface area contributed by atoms with E-state index in [1.54, 1.807) is 10.9 Å². The van der Waals surface area contributed by atoms with Crippen molar-refractivity contribution in [2.45, 2.75) is 19.1 Å². The summed E-state index contributed by atoms with van der Waals surface area (Å²) in [6.07, 6.45) is 3.01. The molecule has 0 aliphatic carbocycles. The molecule has 0 bridgehead atoms. The van der Waals surface area contributed by atoms with Gasteiger partial charge in [0.05, 0.1) is 18.3 Å². The maximum Gasteiger partial charge on any atom is 0.314 e. The Morgan fingerprint density at radius 2 is 1.96 bits per heavy atom. The fourth-order valence-electron chi connectivity index (χ4n) is 2.72. The molecular weight excluding hydrogens is 318 g/mol. The summed E-state index contributed by atoms with van der Waals surface area (Å²) in [7, 11) is 5.78. The number of carbonyl (C=O) groups is 1. The lowest BCUT2D eigenvalue weighted by Gasteiger charge is -2.24. The van der Waals surface area contributed by atoms with Crippen LogP contribution in [0, 0.1) is 6.92 Å². The van der Waals surface area contributed by atoms with Crippen LogP contribution in [0.3, 0.4) is 0 Å². The van der Waals surface area contributed by atoms with Crippen LogP contribution in [-0.2, 0) is 7.05 Å². The van der Waals surface area contributed by atoms with Gasteiger partial charge < -0.3 is 20.6 Å². The maximum atomic E-state index is 12.1. The van der Waals surface area contributed by atoms with Gasteiger partial charge in [0.25, 0.3) is 0 Å². The fourth-order valence-corrected chi connectivity index (χ4v) is 2.72. The summed E-state index contributed by atoms with van der Waals surface area (Å²) in [6.45, 7) is 2.55. The molecule has 3 N–H and O–H groups in total. The zero-order chi connectivity index (χ0) is 18.4. The van der Waals surface area contributed by atoms with Gasteiger partial charge >= 0.3 is 6.03 Å². The van der Waals surface area contributed by atoms with Crippen molar-refractivity contribution in [1.82, 2.24) is 25.3 Å². The molecule has 7 heteroatoms. The molecule has 0 saturated carbocycles. The van der Waals surface area contributed by atoms with Crippen molar-refractivity contribution in [3.8, 4) is 0 Å². The Labute approximate surface area is 148 Å². The Bertz CT molecular complexity index is 698. The molecule has 2 rings (SSSR count). The number of nitrogens with zero attached hydrogens (tertiary/aromatic N) is 3. The average molecular weight is 345 g/mol. The Morgan fingerprint density at radius 3 is 2.56 bits per heavy atom. The SMILES string of the molecule is Cc1ccccc1C(O)CNC(=O)NCC(c1cnn(C)c1)N(C)C. The third-order valence-electron chi connectivity index (χ3n) is 4.19. The molecule has 7 nitrogen and oxygen atoms in total. The molecule has 25 heavy (non-hydrogen) atoms. The largest absolute Gasteiger partial charge is 0.387 e. The minimum atomic E-state index is -0.727. The van der Waals surface area contributed by atoms with Gasteiger partial charge in [0.1, 0.15) is 0 Å². The van der Waals surface area contributed by atoms with E-state index in [0.717, 1.165) is 16.7 Å². The second-order valence-electron chi connectivity index (χ2n) is 6.39. The Morgan fingerprint density at radius 1 is 1.28 bits per heavy atom. The van der Waals surface area contributed by atoms with Gasteiger partial charge in [0.15, 0.2) is 0 Å². The van der Waals surface area contributed by atoms with Crippen LogP contribution in [0.5, 0.6) is 0 Å². The van der Waals surface area contributed by atoms with Crippen molar-refractivity contribution < 1.29 is 9.90 Å². The zero-order valence-electron chi connectivity index (χ0n) is 15.2. The smallest absolute Gasteiger partial charge is 0.314 e. The Balaban J connectivity index is 1.84. The van der Waals surface area contributed by atoms with Crippen LogP contribution in [0.1, 0.15) is 28.8 Å². The number of amides is 2. The molecule has 1 aromatic heterocycles. The van der Waals surface area contributed by atoms with Crippen LogP contribution in [0.4, 0.5) is 4.79 Å². The second-order valence-corrected chi connectivity index (χ2v) is 6.39. The Hall–Kier alpha value is -2.38. The molecule has 136 valence electrons. The van der Waals surface area contributed by atoms with Crippen molar-refractivity contribution in [2.75, 3.05) is 27.2 Å². The lowest BCUT2D eigenvalue weighted by molar-refractivity contribution is 0.172. The van der Waals surface area contributed by atoms with E-state index < -0.39 is 6.10 Å². The summed E-state index contributed by atoms with van der Waals surface area (Å²) in [5.74, 6) is 0. The molecule has 0 saturated heterocycles. The number of carbonyl (C=O) groups excluding carboxylic acids is 1. The molecule has 0 aliphatic rings. The number of aromatic nitrogens is 2. The molecule has 0 aliphatic heterocycles. The summed E-state index contributed by atoms with van der Waals surface area (Å²) >= 11 is 0. The van der Waals surface area contributed by atoms with Gasteiger partial charge in [-0.2, -0.15) is 5.10 Å². The van der Waals surface area contributed by atoms with Crippen molar-refractivity contribution in [3.63, 3.8) is 0 Å². The molecule has 0 radical (unpaired) electrons. The van der Waals surface area contributed by atoms with Crippen molar-refractivity contribution >= 4 is 6.03 Å². The first kappa shape index (κ1) is 19.0. The number of hydrogen-bond donors (Lipinski definition) is 3. The van der Waals surface area contributed by atoms with Crippen LogP contribution in [0.15, 0.2) is 36.7 Å². The van der Waals surface area contributed by atoms with Crippen LogP contribution in [0.25, 0.3) is 0 Å². The topological polar surface area (TPSA) is 82.4 Å². The molecule has 0 spiro atoms. The number of likely N-dealkylation sites (N-methyl/N-ethyl adjacent to an activating group) is 1. The first-order valence-electron chi connectivity index (χ1n) is 8.28. The number of urea groups is 1. The molecule has 0 fully saturated rings. The number of nitrogens with one attached hydrogen (secondary N) is 2. The highest BCUT2D eigenvalue weighted by atomic mass is 16.3. The number of aliphatic hydroxyl groups is 1.